The normalized spacial score (nSPS) is 17.5. The van der Waals surface area contributed by atoms with E-state index >= 15 is 0 Å². The molecule has 1 atom stereocenters. The maximum atomic E-state index is 12.5. The van der Waals surface area contributed by atoms with Crippen molar-refractivity contribution in [1.82, 2.24) is 19.9 Å². The first kappa shape index (κ1) is 20.0. The SMILES string of the molecule is CCc1cc(N2CCN(C(=O)OC(C)(C)C)[C@H](C)C2)nc(-c2ccncc2)n1. The van der Waals surface area contributed by atoms with E-state index in [-0.39, 0.29) is 12.1 Å². The zero-order valence-electron chi connectivity index (χ0n) is 17.3. The molecule has 7 heteroatoms. The molecule has 2 aromatic heterocycles. The predicted molar refractivity (Wildman–Crippen MR) is 109 cm³/mol. The zero-order chi connectivity index (χ0) is 20.3. The number of pyridine rings is 1. The molecule has 3 rings (SSSR count). The number of ether oxygens (including phenoxy) is 1. The molecule has 150 valence electrons. The second kappa shape index (κ2) is 8.12. The van der Waals surface area contributed by atoms with E-state index in [1.165, 1.54) is 0 Å². The van der Waals surface area contributed by atoms with Gasteiger partial charge in [-0.1, -0.05) is 6.92 Å². The number of carbonyl (C=O) groups excluding carboxylic acids is 1. The van der Waals surface area contributed by atoms with Crippen LogP contribution in [0, 0.1) is 0 Å². The molecule has 0 N–H and O–H groups in total. The third kappa shape index (κ3) is 4.77. The minimum absolute atomic E-state index is 0.0352. The monoisotopic (exact) mass is 383 g/mol. The molecule has 2 aromatic rings. The Morgan fingerprint density at radius 2 is 1.93 bits per heavy atom. The first-order valence-corrected chi connectivity index (χ1v) is 9.79. The lowest BCUT2D eigenvalue weighted by Crippen LogP contribution is -2.55. The number of aromatic nitrogens is 3. The van der Waals surface area contributed by atoms with Gasteiger partial charge in [0.15, 0.2) is 5.82 Å². The number of rotatable bonds is 3. The van der Waals surface area contributed by atoms with E-state index in [0.29, 0.717) is 25.5 Å². The number of carbonyl (C=O) groups is 1. The van der Waals surface area contributed by atoms with Crippen molar-refractivity contribution in [2.75, 3.05) is 24.5 Å². The summed E-state index contributed by atoms with van der Waals surface area (Å²) in [6.45, 7) is 11.8. The topological polar surface area (TPSA) is 71.5 Å². The number of hydrogen-bond acceptors (Lipinski definition) is 6. The molecule has 0 spiro atoms. The predicted octanol–water partition coefficient (Wildman–Crippen LogP) is 3.55. The van der Waals surface area contributed by atoms with Crippen LogP contribution in [0.1, 0.15) is 40.3 Å². The fraction of sp³-hybridized carbons (Fsp3) is 0.524. The quantitative estimate of drug-likeness (QED) is 0.807. The Kier molecular flexibility index (Phi) is 5.82. The molecule has 1 amide bonds. The van der Waals surface area contributed by atoms with Gasteiger partial charge >= 0.3 is 6.09 Å². The Morgan fingerprint density at radius 3 is 2.54 bits per heavy atom. The summed E-state index contributed by atoms with van der Waals surface area (Å²) in [5, 5.41) is 0. The van der Waals surface area contributed by atoms with Crippen LogP contribution < -0.4 is 4.90 Å². The molecule has 0 bridgehead atoms. The molecule has 1 saturated heterocycles. The van der Waals surface area contributed by atoms with Gasteiger partial charge in [-0.3, -0.25) is 4.98 Å². The minimum atomic E-state index is -0.490. The van der Waals surface area contributed by atoms with Crippen molar-refractivity contribution in [2.24, 2.45) is 0 Å². The van der Waals surface area contributed by atoms with Crippen molar-refractivity contribution in [3.63, 3.8) is 0 Å². The fourth-order valence-electron chi connectivity index (χ4n) is 3.21. The molecule has 0 aliphatic carbocycles. The molecule has 0 radical (unpaired) electrons. The summed E-state index contributed by atoms with van der Waals surface area (Å²) < 4.78 is 5.54. The smallest absolute Gasteiger partial charge is 0.410 e. The molecule has 1 aliphatic heterocycles. The Morgan fingerprint density at radius 1 is 1.21 bits per heavy atom. The third-order valence-electron chi connectivity index (χ3n) is 4.65. The van der Waals surface area contributed by atoms with Crippen LogP contribution in [-0.2, 0) is 11.2 Å². The Bertz CT molecular complexity index is 819. The molecular weight excluding hydrogens is 354 g/mol. The highest BCUT2D eigenvalue weighted by Crippen LogP contribution is 2.23. The molecule has 1 fully saturated rings. The number of nitrogens with zero attached hydrogens (tertiary/aromatic N) is 5. The number of aryl methyl sites for hydroxylation is 1. The van der Waals surface area contributed by atoms with Crippen LogP contribution in [0.25, 0.3) is 11.4 Å². The second-order valence-corrected chi connectivity index (χ2v) is 8.10. The van der Waals surface area contributed by atoms with E-state index in [9.17, 15) is 4.79 Å². The van der Waals surface area contributed by atoms with Gasteiger partial charge in [0, 0.05) is 55.4 Å². The summed E-state index contributed by atoms with van der Waals surface area (Å²) in [5.41, 5.74) is 1.46. The lowest BCUT2D eigenvalue weighted by Gasteiger charge is -2.40. The molecule has 0 aromatic carbocycles. The van der Waals surface area contributed by atoms with Crippen LogP contribution in [0.2, 0.25) is 0 Å². The number of hydrogen-bond donors (Lipinski definition) is 0. The van der Waals surface area contributed by atoms with Gasteiger partial charge in [0.1, 0.15) is 11.4 Å². The number of amides is 1. The summed E-state index contributed by atoms with van der Waals surface area (Å²) >= 11 is 0. The van der Waals surface area contributed by atoms with Crippen LogP contribution in [-0.4, -0.2) is 57.2 Å². The second-order valence-electron chi connectivity index (χ2n) is 8.10. The van der Waals surface area contributed by atoms with Crippen molar-refractivity contribution in [3.05, 3.63) is 36.3 Å². The van der Waals surface area contributed by atoms with Gasteiger partial charge in [-0.25, -0.2) is 14.8 Å². The summed E-state index contributed by atoms with van der Waals surface area (Å²) in [5.74, 6) is 1.60. The van der Waals surface area contributed by atoms with Gasteiger partial charge in [-0.2, -0.15) is 0 Å². The van der Waals surface area contributed by atoms with Gasteiger partial charge in [0.05, 0.1) is 0 Å². The Balaban J connectivity index is 1.79. The summed E-state index contributed by atoms with van der Waals surface area (Å²) in [6, 6.07) is 5.91. The molecule has 1 aliphatic rings. The first-order valence-electron chi connectivity index (χ1n) is 9.79. The largest absolute Gasteiger partial charge is 0.444 e. The molecule has 0 unspecified atom stereocenters. The lowest BCUT2D eigenvalue weighted by molar-refractivity contribution is 0.0158. The average Bonchev–Trinajstić information content (AvgIpc) is 2.66. The average molecular weight is 383 g/mol. The van der Waals surface area contributed by atoms with E-state index in [4.69, 9.17) is 9.72 Å². The first-order chi connectivity index (χ1) is 13.3. The van der Waals surface area contributed by atoms with Gasteiger partial charge in [-0.15, -0.1) is 0 Å². The highest BCUT2D eigenvalue weighted by atomic mass is 16.6. The van der Waals surface area contributed by atoms with E-state index in [1.54, 1.807) is 17.3 Å². The molecule has 0 saturated carbocycles. The molecule has 28 heavy (non-hydrogen) atoms. The maximum absolute atomic E-state index is 12.5. The van der Waals surface area contributed by atoms with E-state index < -0.39 is 5.60 Å². The molecule has 7 nitrogen and oxygen atoms in total. The van der Waals surface area contributed by atoms with Crippen molar-refractivity contribution >= 4 is 11.9 Å². The third-order valence-corrected chi connectivity index (χ3v) is 4.65. The zero-order valence-corrected chi connectivity index (χ0v) is 17.3. The van der Waals surface area contributed by atoms with Gasteiger partial charge in [0.25, 0.3) is 0 Å². The van der Waals surface area contributed by atoms with E-state index in [1.807, 2.05) is 45.9 Å². The van der Waals surface area contributed by atoms with Crippen molar-refractivity contribution in [3.8, 4) is 11.4 Å². The summed E-state index contributed by atoms with van der Waals surface area (Å²) in [7, 11) is 0. The van der Waals surface area contributed by atoms with Crippen LogP contribution >= 0.6 is 0 Å². The van der Waals surface area contributed by atoms with Crippen LogP contribution in [0.4, 0.5) is 10.6 Å². The van der Waals surface area contributed by atoms with Gasteiger partial charge in [-0.05, 0) is 46.2 Å². The molecule has 3 heterocycles. The standard InChI is InChI=1S/C21H29N5O2/c1-6-17-13-18(24-19(23-17)16-7-9-22-10-8-16)25-11-12-26(15(2)14-25)20(27)28-21(3,4)5/h7-10,13,15H,6,11-12,14H2,1-5H3/t15-/m1/s1. The number of piperazine rings is 1. The van der Waals surface area contributed by atoms with Crippen LogP contribution in [0.3, 0.4) is 0 Å². The van der Waals surface area contributed by atoms with Crippen molar-refractivity contribution in [1.29, 1.82) is 0 Å². The van der Waals surface area contributed by atoms with Gasteiger partial charge in [0.2, 0.25) is 0 Å². The number of anilines is 1. The highest BCUT2D eigenvalue weighted by Gasteiger charge is 2.31. The Labute approximate surface area is 166 Å². The highest BCUT2D eigenvalue weighted by molar-refractivity contribution is 5.69. The fourth-order valence-corrected chi connectivity index (χ4v) is 3.21. The Hall–Kier alpha value is -2.70. The van der Waals surface area contributed by atoms with Crippen molar-refractivity contribution < 1.29 is 9.53 Å². The molecular formula is C21H29N5O2. The van der Waals surface area contributed by atoms with Gasteiger partial charge < -0.3 is 14.5 Å². The van der Waals surface area contributed by atoms with E-state index in [2.05, 4.69) is 21.8 Å². The summed E-state index contributed by atoms with van der Waals surface area (Å²) in [4.78, 5) is 30.0. The summed E-state index contributed by atoms with van der Waals surface area (Å²) in [6.07, 6.45) is 4.08. The minimum Gasteiger partial charge on any atom is -0.444 e. The maximum Gasteiger partial charge on any atom is 0.410 e. The van der Waals surface area contributed by atoms with Crippen LogP contribution in [0.15, 0.2) is 30.6 Å². The van der Waals surface area contributed by atoms with E-state index in [0.717, 1.165) is 23.5 Å². The van der Waals surface area contributed by atoms with Crippen molar-refractivity contribution in [2.45, 2.75) is 52.7 Å². The van der Waals surface area contributed by atoms with Crippen LogP contribution in [0.5, 0.6) is 0 Å². The lowest BCUT2D eigenvalue weighted by atomic mass is 10.1.